The van der Waals surface area contributed by atoms with E-state index < -0.39 is 0 Å². The predicted molar refractivity (Wildman–Crippen MR) is 97.4 cm³/mol. The molecule has 6 nitrogen and oxygen atoms in total. The smallest absolute Gasteiger partial charge is 0.276 e. The van der Waals surface area contributed by atoms with Gasteiger partial charge in [0.2, 0.25) is 0 Å². The van der Waals surface area contributed by atoms with Crippen molar-refractivity contribution in [1.29, 1.82) is 0 Å². The largest absolute Gasteiger partial charge is 0.333 e. The van der Waals surface area contributed by atoms with Crippen molar-refractivity contribution in [2.75, 3.05) is 19.6 Å². The van der Waals surface area contributed by atoms with E-state index in [9.17, 15) is 4.79 Å². The van der Waals surface area contributed by atoms with Crippen LogP contribution in [-0.4, -0.2) is 45.4 Å². The highest BCUT2D eigenvalue weighted by Gasteiger charge is 2.25. The summed E-state index contributed by atoms with van der Waals surface area (Å²) < 4.78 is 1.95. The Morgan fingerprint density at radius 1 is 1.28 bits per heavy atom. The lowest BCUT2D eigenvalue weighted by Gasteiger charge is -2.24. The van der Waals surface area contributed by atoms with E-state index in [0.29, 0.717) is 24.8 Å². The van der Waals surface area contributed by atoms with Crippen LogP contribution in [0.15, 0.2) is 30.3 Å². The second-order valence-electron chi connectivity index (χ2n) is 6.66. The molecule has 0 unspecified atom stereocenters. The summed E-state index contributed by atoms with van der Waals surface area (Å²) in [6, 6.07) is 10.4. The van der Waals surface area contributed by atoms with Gasteiger partial charge in [-0.05, 0) is 44.8 Å². The number of carbonyl (C=O) groups excluding carboxylic acids is 1. The Kier molecular flexibility index (Phi) is 5.81. The quantitative estimate of drug-likeness (QED) is 0.877. The lowest BCUT2D eigenvalue weighted by molar-refractivity contribution is 0.0736. The number of aromatic nitrogens is 3. The van der Waals surface area contributed by atoms with Gasteiger partial charge in [0.1, 0.15) is 0 Å². The van der Waals surface area contributed by atoms with E-state index in [1.54, 1.807) is 0 Å². The Morgan fingerprint density at radius 2 is 2.00 bits per heavy atom. The van der Waals surface area contributed by atoms with Crippen molar-refractivity contribution in [2.45, 2.75) is 45.7 Å². The van der Waals surface area contributed by atoms with Crippen molar-refractivity contribution >= 4 is 5.91 Å². The van der Waals surface area contributed by atoms with Gasteiger partial charge in [-0.3, -0.25) is 4.79 Å². The molecule has 1 amide bonds. The van der Waals surface area contributed by atoms with Crippen LogP contribution >= 0.6 is 0 Å². The molecule has 0 radical (unpaired) electrons. The first-order chi connectivity index (χ1) is 12.2. The van der Waals surface area contributed by atoms with Gasteiger partial charge in [-0.2, -0.15) is 0 Å². The fourth-order valence-electron chi connectivity index (χ4n) is 3.41. The minimum atomic E-state index is -0.0246. The number of benzene rings is 1. The van der Waals surface area contributed by atoms with Gasteiger partial charge in [-0.1, -0.05) is 42.5 Å². The van der Waals surface area contributed by atoms with Crippen molar-refractivity contribution in [2.24, 2.45) is 0 Å². The van der Waals surface area contributed by atoms with E-state index >= 15 is 0 Å². The summed E-state index contributed by atoms with van der Waals surface area (Å²) in [5.74, 6) is -0.0246. The maximum absolute atomic E-state index is 13.1. The number of nitrogens with zero attached hydrogens (tertiary/aromatic N) is 4. The Balaban J connectivity index is 1.78. The van der Waals surface area contributed by atoms with Crippen molar-refractivity contribution in [3.05, 3.63) is 47.3 Å². The van der Waals surface area contributed by atoms with Gasteiger partial charge in [0.05, 0.1) is 11.7 Å². The molecule has 2 heterocycles. The molecule has 1 aliphatic heterocycles. The van der Waals surface area contributed by atoms with E-state index in [-0.39, 0.29) is 5.91 Å². The Hall–Kier alpha value is -2.21. The maximum atomic E-state index is 13.1. The predicted octanol–water partition coefficient (Wildman–Crippen LogP) is 2.56. The van der Waals surface area contributed by atoms with Crippen molar-refractivity contribution in [1.82, 2.24) is 25.2 Å². The summed E-state index contributed by atoms with van der Waals surface area (Å²) in [7, 11) is 0. The number of hydrogen-bond acceptors (Lipinski definition) is 4. The third-order valence-corrected chi connectivity index (χ3v) is 4.78. The second-order valence-corrected chi connectivity index (χ2v) is 6.66. The van der Waals surface area contributed by atoms with E-state index in [1.807, 2.05) is 34.7 Å². The van der Waals surface area contributed by atoms with Crippen LogP contribution in [-0.2, 0) is 6.54 Å². The summed E-state index contributed by atoms with van der Waals surface area (Å²) in [6.07, 6.45) is 2.97. The molecular formula is C19H27N5O. The van der Waals surface area contributed by atoms with Crippen molar-refractivity contribution in [3.63, 3.8) is 0 Å². The minimum Gasteiger partial charge on any atom is -0.333 e. The molecule has 1 aromatic carbocycles. The topological polar surface area (TPSA) is 63.1 Å². The number of carbonyl (C=O) groups is 1. The van der Waals surface area contributed by atoms with Crippen LogP contribution in [0.4, 0.5) is 0 Å². The zero-order valence-corrected chi connectivity index (χ0v) is 15.1. The molecule has 25 heavy (non-hydrogen) atoms. The summed E-state index contributed by atoms with van der Waals surface area (Å²) >= 11 is 0. The molecule has 1 saturated heterocycles. The number of amides is 1. The van der Waals surface area contributed by atoms with Gasteiger partial charge >= 0.3 is 0 Å². The van der Waals surface area contributed by atoms with E-state index in [1.165, 1.54) is 0 Å². The monoisotopic (exact) mass is 341 g/mol. The lowest BCUT2D eigenvalue weighted by atomic mass is 10.1. The molecule has 1 fully saturated rings. The molecular weight excluding hydrogens is 314 g/mol. The SMILES string of the molecule is CCCN(Cc1ccccc1)C(=O)c1nnn(C2CCNCC2)c1C. The standard InChI is InChI=1S/C19H27N5O/c1-3-13-23(14-16-7-5-4-6-8-16)19(25)18-15(2)24(22-21-18)17-9-11-20-12-10-17/h4-8,17,20H,3,9-14H2,1-2H3. The van der Waals surface area contributed by atoms with Crippen LogP contribution in [0.25, 0.3) is 0 Å². The Morgan fingerprint density at radius 3 is 2.68 bits per heavy atom. The Bertz CT molecular complexity index is 691. The highest BCUT2D eigenvalue weighted by atomic mass is 16.2. The van der Waals surface area contributed by atoms with E-state index in [0.717, 1.165) is 43.6 Å². The van der Waals surface area contributed by atoms with Gasteiger partial charge in [-0.25, -0.2) is 4.68 Å². The lowest BCUT2D eigenvalue weighted by Crippen LogP contribution is -2.32. The number of rotatable bonds is 6. The molecule has 134 valence electrons. The van der Waals surface area contributed by atoms with Gasteiger partial charge in [0, 0.05) is 13.1 Å². The van der Waals surface area contributed by atoms with Gasteiger partial charge in [0.15, 0.2) is 5.69 Å². The molecule has 3 rings (SSSR count). The molecule has 0 spiro atoms. The van der Waals surface area contributed by atoms with E-state index in [2.05, 4.69) is 34.7 Å². The van der Waals surface area contributed by atoms with Gasteiger partial charge in [-0.15, -0.1) is 5.10 Å². The highest BCUT2D eigenvalue weighted by molar-refractivity contribution is 5.93. The fourth-order valence-corrected chi connectivity index (χ4v) is 3.41. The summed E-state index contributed by atoms with van der Waals surface area (Å²) in [5, 5.41) is 11.9. The van der Waals surface area contributed by atoms with Crippen LogP contribution in [0.5, 0.6) is 0 Å². The maximum Gasteiger partial charge on any atom is 0.276 e. The fraction of sp³-hybridized carbons (Fsp3) is 0.526. The second kappa shape index (κ2) is 8.25. The average Bonchev–Trinajstić information content (AvgIpc) is 3.04. The first-order valence-electron chi connectivity index (χ1n) is 9.16. The molecule has 0 saturated carbocycles. The molecule has 0 bridgehead atoms. The van der Waals surface area contributed by atoms with Gasteiger partial charge in [0.25, 0.3) is 5.91 Å². The molecule has 2 aromatic rings. The molecule has 1 N–H and O–H groups in total. The summed E-state index contributed by atoms with van der Waals surface area (Å²) in [6.45, 7) is 7.35. The van der Waals surface area contributed by atoms with Crippen LogP contribution in [0, 0.1) is 6.92 Å². The van der Waals surface area contributed by atoms with Crippen LogP contribution in [0.3, 0.4) is 0 Å². The first-order valence-corrected chi connectivity index (χ1v) is 9.16. The normalized spacial score (nSPS) is 15.3. The zero-order valence-electron chi connectivity index (χ0n) is 15.1. The number of piperidine rings is 1. The van der Waals surface area contributed by atoms with Crippen molar-refractivity contribution in [3.8, 4) is 0 Å². The molecule has 6 heteroatoms. The van der Waals surface area contributed by atoms with Crippen molar-refractivity contribution < 1.29 is 4.79 Å². The highest BCUT2D eigenvalue weighted by Crippen LogP contribution is 2.21. The molecule has 0 aliphatic carbocycles. The average molecular weight is 341 g/mol. The number of nitrogens with one attached hydrogen (secondary N) is 1. The minimum absolute atomic E-state index is 0.0246. The summed E-state index contributed by atoms with van der Waals surface area (Å²) in [4.78, 5) is 14.9. The first kappa shape index (κ1) is 17.6. The van der Waals surface area contributed by atoms with Crippen LogP contribution < -0.4 is 5.32 Å². The summed E-state index contributed by atoms with van der Waals surface area (Å²) in [5.41, 5.74) is 2.50. The van der Waals surface area contributed by atoms with E-state index in [4.69, 9.17) is 0 Å². The molecule has 1 aliphatic rings. The van der Waals surface area contributed by atoms with Crippen LogP contribution in [0.1, 0.15) is 54.0 Å². The zero-order chi connectivity index (χ0) is 17.6. The number of hydrogen-bond donors (Lipinski definition) is 1. The Labute approximate surface area is 149 Å². The third-order valence-electron chi connectivity index (χ3n) is 4.78. The third kappa shape index (κ3) is 4.07. The molecule has 1 aromatic heterocycles. The van der Waals surface area contributed by atoms with Gasteiger partial charge < -0.3 is 10.2 Å². The van der Waals surface area contributed by atoms with Crippen LogP contribution in [0.2, 0.25) is 0 Å². The molecule has 0 atom stereocenters.